The van der Waals surface area contributed by atoms with Crippen LogP contribution < -0.4 is 20.5 Å². The van der Waals surface area contributed by atoms with E-state index in [9.17, 15) is 0 Å². The largest absolute Gasteiger partial charge is 0.497 e. The SMILES string of the molecule is COc1ccc(CNC(=S)/N=C2/CCN(c3ccccc3)N2)cc1. The Bertz CT molecular complexity index is 716. The molecule has 124 valence electrons. The van der Waals surface area contributed by atoms with Crippen molar-refractivity contribution in [3.8, 4) is 5.75 Å². The van der Waals surface area contributed by atoms with Crippen LogP contribution in [-0.4, -0.2) is 24.6 Å². The zero-order valence-corrected chi connectivity index (χ0v) is 14.3. The zero-order valence-electron chi connectivity index (χ0n) is 13.5. The predicted molar refractivity (Wildman–Crippen MR) is 101 cm³/mol. The summed E-state index contributed by atoms with van der Waals surface area (Å²) in [5, 5.41) is 5.73. The van der Waals surface area contributed by atoms with Crippen LogP contribution in [0.4, 0.5) is 5.69 Å². The van der Waals surface area contributed by atoms with Crippen LogP contribution in [0.3, 0.4) is 0 Å². The lowest BCUT2D eigenvalue weighted by Gasteiger charge is -2.17. The number of para-hydroxylation sites is 1. The van der Waals surface area contributed by atoms with Gasteiger partial charge in [-0.05, 0) is 42.0 Å². The molecule has 0 atom stereocenters. The van der Waals surface area contributed by atoms with Gasteiger partial charge < -0.3 is 10.1 Å². The average molecular weight is 340 g/mol. The first-order chi connectivity index (χ1) is 11.7. The summed E-state index contributed by atoms with van der Waals surface area (Å²) in [7, 11) is 1.66. The molecule has 0 aliphatic carbocycles. The molecule has 6 heteroatoms. The van der Waals surface area contributed by atoms with Gasteiger partial charge in [0, 0.05) is 19.5 Å². The van der Waals surface area contributed by atoms with Gasteiger partial charge in [0.1, 0.15) is 11.6 Å². The number of nitrogens with one attached hydrogen (secondary N) is 2. The molecule has 1 aliphatic rings. The number of thiocarbonyl (C=S) groups is 1. The van der Waals surface area contributed by atoms with Crippen LogP contribution in [0.25, 0.3) is 0 Å². The molecule has 2 aromatic rings. The minimum atomic E-state index is 0.489. The highest BCUT2D eigenvalue weighted by molar-refractivity contribution is 7.80. The van der Waals surface area contributed by atoms with Crippen molar-refractivity contribution in [3.05, 3.63) is 60.2 Å². The summed E-state index contributed by atoms with van der Waals surface area (Å²) in [6.07, 6.45) is 0.846. The molecule has 3 rings (SSSR count). The molecule has 24 heavy (non-hydrogen) atoms. The van der Waals surface area contributed by atoms with Crippen molar-refractivity contribution in [2.24, 2.45) is 4.99 Å². The molecule has 0 spiro atoms. The number of benzene rings is 2. The van der Waals surface area contributed by atoms with Crippen molar-refractivity contribution in [2.75, 3.05) is 18.7 Å². The van der Waals surface area contributed by atoms with Crippen molar-refractivity contribution >= 4 is 28.9 Å². The van der Waals surface area contributed by atoms with E-state index in [1.807, 2.05) is 42.5 Å². The maximum atomic E-state index is 5.31. The fourth-order valence-electron chi connectivity index (χ4n) is 2.45. The molecule has 0 saturated carbocycles. The van der Waals surface area contributed by atoms with Crippen LogP contribution in [0.2, 0.25) is 0 Å². The number of methoxy groups -OCH3 is 1. The zero-order chi connectivity index (χ0) is 16.8. The number of nitrogens with zero attached hydrogens (tertiary/aromatic N) is 2. The van der Waals surface area contributed by atoms with Crippen molar-refractivity contribution < 1.29 is 4.74 Å². The van der Waals surface area contributed by atoms with E-state index < -0.39 is 0 Å². The summed E-state index contributed by atoms with van der Waals surface area (Å²) in [6.45, 7) is 1.52. The van der Waals surface area contributed by atoms with E-state index in [0.29, 0.717) is 11.7 Å². The van der Waals surface area contributed by atoms with Gasteiger partial charge in [0.15, 0.2) is 5.11 Å². The summed E-state index contributed by atoms with van der Waals surface area (Å²) >= 11 is 5.31. The molecule has 2 aromatic carbocycles. The molecule has 0 bridgehead atoms. The smallest absolute Gasteiger partial charge is 0.194 e. The summed E-state index contributed by atoms with van der Waals surface area (Å²) in [5.41, 5.74) is 5.54. The molecule has 1 heterocycles. The lowest BCUT2D eigenvalue weighted by Crippen LogP contribution is -2.34. The van der Waals surface area contributed by atoms with Gasteiger partial charge in [-0.25, -0.2) is 4.99 Å². The summed E-state index contributed by atoms with van der Waals surface area (Å²) in [4.78, 5) is 4.46. The third-order valence-corrected chi connectivity index (χ3v) is 3.98. The van der Waals surface area contributed by atoms with E-state index in [1.165, 1.54) is 0 Å². The van der Waals surface area contributed by atoms with E-state index in [2.05, 4.69) is 32.9 Å². The Morgan fingerprint density at radius 3 is 2.67 bits per heavy atom. The molecule has 0 amide bonds. The predicted octanol–water partition coefficient (Wildman–Crippen LogP) is 2.88. The summed E-state index contributed by atoms with van der Waals surface area (Å²) in [6, 6.07) is 18.1. The fourth-order valence-corrected chi connectivity index (χ4v) is 2.63. The number of hydrogen-bond donors (Lipinski definition) is 2. The monoisotopic (exact) mass is 340 g/mol. The topological polar surface area (TPSA) is 48.9 Å². The number of amidine groups is 1. The van der Waals surface area contributed by atoms with Crippen LogP contribution in [0.15, 0.2) is 59.6 Å². The van der Waals surface area contributed by atoms with Gasteiger partial charge in [-0.15, -0.1) is 0 Å². The fraction of sp³-hybridized carbons (Fsp3) is 0.222. The van der Waals surface area contributed by atoms with E-state index in [4.69, 9.17) is 17.0 Å². The van der Waals surface area contributed by atoms with Gasteiger partial charge >= 0.3 is 0 Å². The number of rotatable bonds is 4. The van der Waals surface area contributed by atoms with Crippen molar-refractivity contribution in [1.29, 1.82) is 0 Å². The number of aliphatic imine (C=N–C) groups is 1. The molecule has 0 aromatic heterocycles. The minimum absolute atomic E-state index is 0.489. The Hall–Kier alpha value is -2.60. The van der Waals surface area contributed by atoms with Gasteiger partial charge in [0.2, 0.25) is 0 Å². The average Bonchev–Trinajstić information content (AvgIpc) is 3.09. The lowest BCUT2D eigenvalue weighted by molar-refractivity contribution is 0.414. The first-order valence-electron chi connectivity index (χ1n) is 7.82. The maximum absolute atomic E-state index is 5.31. The number of hydrazine groups is 1. The highest BCUT2D eigenvalue weighted by atomic mass is 32.1. The molecule has 0 unspecified atom stereocenters. The highest BCUT2D eigenvalue weighted by Gasteiger charge is 2.17. The Balaban J connectivity index is 1.51. The normalized spacial score (nSPS) is 15.2. The minimum Gasteiger partial charge on any atom is -0.497 e. The van der Waals surface area contributed by atoms with Gasteiger partial charge in [-0.2, -0.15) is 0 Å². The summed E-state index contributed by atoms with van der Waals surface area (Å²) in [5.74, 6) is 1.73. The van der Waals surface area contributed by atoms with Crippen LogP contribution >= 0.6 is 12.2 Å². The second-order valence-corrected chi connectivity index (χ2v) is 5.80. The second kappa shape index (κ2) is 7.79. The standard InChI is InChI=1S/C18H20N4OS/c1-23-16-9-7-14(8-10-16)13-19-18(24)20-17-11-12-22(21-17)15-5-3-2-4-6-15/h2-10H,11-13H2,1H3,(H2,19,20,21,24). The first-order valence-corrected chi connectivity index (χ1v) is 8.23. The number of ether oxygens (including phenoxy) is 1. The van der Waals surface area contributed by atoms with Gasteiger partial charge in [0.05, 0.1) is 12.8 Å². The molecule has 5 nitrogen and oxygen atoms in total. The second-order valence-electron chi connectivity index (χ2n) is 5.41. The van der Waals surface area contributed by atoms with Crippen molar-refractivity contribution in [2.45, 2.75) is 13.0 Å². The van der Waals surface area contributed by atoms with Crippen molar-refractivity contribution in [3.63, 3.8) is 0 Å². The summed E-state index contributed by atoms with van der Waals surface area (Å²) < 4.78 is 5.15. The lowest BCUT2D eigenvalue weighted by atomic mass is 10.2. The number of anilines is 1. The van der Waals surface area contributed by atoms with Crippen molar-refractivity contribution in [1.82, 2.24) is 10.7 Å². The number of hydrogen-bond acceptors (Lipinski definition) is 3. The van der Waals surface area contributed by atoms with Gasteiger partial charge in [-0.3, -0.25) is 10.4 Å². The van der Waals surface area contributed by atoms with E-state index in [0.717, 1.165) is 35.8 Å². The third-order valence-electron chi connectivity index (χ3n) is 3.74. The quantitative estimate of drug-likeness (QED) is 0.838. The Morgan fingerprint density at radius 1 is 1.21 bits per heavy atom. The molecular weight excluding hydrogens is 320 g/mol. The molecule has 2 N–H and O–H groups in total. The first kappa shape index (κ1) is 16.3. The molecule has 1 fully saturated rings. The van der Waals surface area contributed by atoms with Gasteiger partial charge in [0.25, 0.3) is 0 Å². The van der Waals surface area contributed by atoms with Crippen LogP contribution in [0.1, 0.15) is 12.0 Å². The molecule has 1 aliphatic heterocycles. The Labute approximate surface area is 147 Å². The molecular formula is C18H20N4OS. The van der Waals surface area contributed by atoms with Crippen LogP contribution in [0, 0.1) is 0 Å². The van der Waals surface area contributed by atoms with Crippen LogP contribution in [0.5, 0.6) is 5.75 Å². The Morgan fingerprint density at radius 2 is 1.96 bits per heavy atom. The molecule has 1 saturated heterocycles. The van der Waals surface area contributed by atoms with E-state index in [-0.39, 0.29) is 0 Å². The molecule has 0 radical (unpaired) electrons. The maximum Gasteiger partial charge on any atom is 0.194 e. The Kier molecular flexibility index (Phi) is 5.28. The van der Waals surface area contributed by atoms with Crippen LogP contribution in [-0.2, 0) is 6.54 Å². The van der Waals surface area contributed by atoms with E-state index >= 15 is 0 Å². The van der Waals surface area contributed by atoms with Gasteiger partial charge in [-0.1, -0.05) is 30.3 Å². The highest BCUT2D eigenvalue weighted by Crippen LogP contribution is 2.15. The van der Waals surface area contributed by atoms with E-state index in [1.54, 1.807) is 7.11 Å². The third kappa shape index (κ3) is 4.23.